The zero-order chi connectivity index (χ0) is 17.2. The third-order valence-corrected chi connectivity index (χ3v) is 3.98. The number of hydrogen-bond acceptors (Lipinski definition) is 5. The van der Waals surface area contributed by atoms with E-state index in [1.54, 1.807) is 6.20 Å². The second kappa shape index (κ2) is 9.98. The first-order chi connectivity index (χ1) is 11.7. The second-order valence-corrected chi connectivity index (χ2v) is 5.94. The smallest absolute Gasteiger partial charge is 0.196 e. The molecule has 1 heterocycles. The van der Waals surface area contributed by atoms with Gasteiger partial charge in [0.15, 0.2) is 5.05 Å². The molecule has 1 aromatic carbocycles. The van der Waals surface area contributed by atoms with Crippen molar-refractivity contribution in [3.05, 3.63) is 53.5 Å². The number of anilines is 1. The van der Waals surface area contributed by atoms with E-state index >= 15 is 0 Å². The predicted octanol–water partition coefficient (Wildman–Crippen LogP) is 4.53. The van der Waals surface area contributed by atoms with Crippen LogP contribution in [0.25, 0.3) is 0 Å². The van der Waals surface area contributed by atoms with Crippen LogP contribution in [0.15, 0.2) is 36.5 Å². The van der Waals surface area contributed by atoms with Gasteiger partial charge < -0.3 is 10.1 Å². The number of benzene rings is 1. The van der Waals surface area contributed by atoms with Crippen molar-refractivity contribution < 1.29 is 4.74 Å². The minimum Gasteiger partial charge on any atom is -0.483 e. The minimum atomic E-state index is 0.438. The first-order valence-corrected chi connectivity index (χ1v) is 8.96. The van der Waals surface area contributed by atoms with Gasteiger partial charge in [-0.15, -0.1) is 0 Å². The van der Waals surface area contributed by atoms with Gasteiger partial charge in [-0.3, -0.25) is 0 Å². The molecule has 0 atom stereocenters. The van der Waals surface area contributed by atoms with Crippen molar-refractivity contribution in [3.8, 4) is 0 Å². The number of nitrogens with zero attached hydrogens (tertiary/aromatic N) is 2. The third kappa shape index (κ3) is 5.57. The maximum atomic E-state index is 5.47. The standard InChI is InChI=1S/C19H25N3OS/c1-3-5-7-12-17-20-14-16(19(24)23-4-2)18(22-17)21-13-15-10-8-6-9-11-15/h6,8-11,14H,3-5,7,12-13H2,1-2H3,(H,20,21,22). The second-order valence-electron chi connectivity index (χ2n) is 5.57. The Bertz CT molecular complexity index is 646. The molecule has 0 aliphatic heterocycles. The van der Waals surface area contributed by atoms with Crippen molar-refractivity contribution in [1.29, 1.82) is 0 Å². The monoisotopic (exact) mass is 343 g/mol. The summed E-state index contributed by atoms with van der Waals surface area (Å²) >= 11 is 5.35. The van der Waals surface area contributed by atoms with E-state index in [1.807, 2.05) is 25.1 Å². The van der Waals surface area contributed by atoms with Crippen LogP contribution in [0.1, 0.15) is 50.1 Å². The fraction of sp³-hybridized carbons (Fsp3) is 0.421. The molecule has 0 bridgehead atoms. The van der Waals surface area contributed by atoms with Gasteiger partial charge in [-0.1, -0.05) is 50.1 Å². The Labute approximate surface area is 149 Å². The molecule has 0 spiro atoms. The molecule has 0 unspecified atom stereocenters. The quantitative estimate of drug-likeness (QED) is 0.535. The van der Waals surface area contributed by atoms with E-state index in [2.05, 4.69) is 34.3 Å². The van der Waals surface area contributed by atoms with Crippen molar-refractivity contribution >= 4 is 23.1 Å². The topological polar surface area (TPSA) is 47.0 Å². The van der Waals surface area contributed by atoms with Gasteiger partial charge in [0.25, 0.3) is 0 Å². The molecule has 1 N–H and O–H groups in total. The van der Waals surface area contributed by atoms with E-state index in [-0.39, 0.29) is 0 Å². The summed E-state index contributed by atoms with van der Waals surface area (Å²) in [6.45, 7) is 5.34. The number of unbranched alkanes of at least 4 members (excludes halogenated alkanes) is 2. The maximum absolute atomic E-state index is 5.47. The maximum Gasteiger partial charge on any atom is 0.196 e. The molecule has 24 heavy (non-hydrogen) atoms. The van der Waals surface area contributed by atoms with E-state index in [1.165, 1.54) is 18.4 Å². The van der Waals surface area contributed by atoms with Crippen LogP contribution in [0, 0.1) is 0 Å². The fourth-order valence-electron chi connectivity index (χ4n) is 2.35. The summed E-state index contributed by atoms with van der Waals surface area (Å²) in [7, 11) is 0. The fourth-order valence-corrected chi connectivity index (χ4v) is 2.61. The van der Waals surface area contributed by atoms with Crippen LogP contribution in [0.4, 0.5) is 5.82 Å². The molecule has 1 aromatic heterocycles. The Balaban J connectivity index is 2.15. The van der Waals surface area contributed by atoms with Crippen LogP contribution < -0.4 is 5.32 Å². The first kappa shape index (κ1) is 18.3. The molecule has 128 valence electrons. The van der Waals surface area contributed by atoms with E-state index in [0.29, 0.717) is 18.2 Å². The largest absolute Gasteiger partial charge is 0.483 e. The Kier molecular flexibility index (Phi) is 7.62. The average Bonchev–Trinajstić information content (AvgIpc) is 2.61. The average molecular weight is 343 g/mol. The molecule has 5 heteroatoms. The molecular weight excluding hydrogens is 318 g/mol. The number of nitrogens with one attached hydrogen (secondary N) is 1. The summed E-state index contributed by atoms with van der Waals surface area (Å²) in [5, 5.41) is 3.82. The van der Waals surface area contributed by atoms with E-state index in [0.717, 1.165) is 30.0 Å². The molecule has 0 saturated carbocycles. The summed E-state index contributed by atoms with van der Waals surface area (Å²) < 4.78 is 5.47. The van der Waals surface area contributed by atoms with Gasteiger partial charge in [0.1, 0.15) is 11.6 Å². The predicted molar refractivity (Wildman–Crippen MR) is 102 cm³/mol. The van der Waals surface area contributed by atoms with Crippen molar-refractivity contribution in [2.45, 2.75) is 46.1 Å². The van der Waals surface area contributed by atoms with Gasteiger partial charge in [-0.2, -0.15) is 0 Å². The van der Waals surface area contributed by atoms with Crippen molar-refractivity contribution in [2.75, 3.05) is 11.9 Å². The number of hydrogen-bond donors (Lipinski definition) is 1. The Morgan fingerprint density at radius 2 is 1.96 bits per heavy atom. The third-order valence-electron chi connectivity index (χ3n) is 3.64. The normalized spacial score (nSPS) is 10.4. The molecular formula is C19H25N3OS. The highest BCUT2D eigenvalue weighted by atomic mass is 32.1. The van der Waals surface area contributed by atoms with Gasteiger partial charge in [0.2, 0.25) is 0 Å². The summed E-state index contributed by atoms with van der Waals surface area (Å²) in [6, 6.07) is 10.2. The molecule has 2 aromatic rings. The van der Waals surface area contributed by atoms with Crippen LogP contribution in [0.3, 0.4) is 0 Å². The van der Waals surface area contributed by atoms with Crippen molar-refractivity contribution in [3.63, 3.8) is 0 Å². The molecule has 0 aliphatic rings. The van der Waals surface area contributed by atoms with E-state index in [9.17, 15) is 0 Å². The van der Waals surface area contributed by atoms with Gasteiger partial charge in [-0.25, -0.2) is 9.97 Å². The van der Waals surface area contributed by atoms with Crippen LogP contribution in [0.5, 0.6) is 0 Å². The molecule has 4 nitrogen and oxygen atoms in total. The van der Waals surface area contributed by atoms with Crippen LogP contribution in [-0.4, -0.2) is 21.6 Å². The molecule has 0 radical (unpaired) electrons. The number of ether oxygens (including phenoxy) is 1. The van der Waals surface area contributed by atoms with Crippen molar-refractivity contribution in [1.82, 2.24) is 9.97 Å². The van der Waals surface area contributed by atoms with Gasteiger partial charge in [-0.05, 0) is 31.1 Å². The van der Waals surface area contributed by atoms with Gasteiger partial charge >= 0.3 is 0 Å². The van der Waals surface area contributed by atoms with Crippen molar-refractivity contribution in [2.24, 2.45) is 0 Å². The number of aryl methyl sites for hydroxylation is 1. The summed E-state index contributed by atoms with van der Waals surface area (Å²) in [5.41, 5.74) is 1.94. The zero-order valence-corrected chi connectivity index (χ0v) is 15.2. The Morgan fingerprint density at radius 3 is 2.67 bits per heavy atom. The summed E-state index contributed by atoms with van der Waals surface area (Å²) in [5.74, 6) is 1.60. The number of thiocarbonyl (C=S) groups is 1. The highest BCUT2D eigenvalue weighted by Gasteiger charge is 2.12. The van der Waals surface area contributed by atoms with Crippen LogP contribution >= 0.6 is 12.2 Å². The first-order valence-electron chi connectivity index (χ1n) is 8.55. The van der Waals surface area contributed by atoms with E-state index < -0.39 is 0 Å². The molecule has 0 aliphatic carbocycles. The molecule has 0 fully saturated rings. The van der Waals surface area contributed by atoms with Gasteiger partial charge in [0.05, 0.1) is 12.2 Å². The van der Waals surface area contributed by atoms with E-state index in [4.69, 9.17) is 17.0 Å². The number of rotatable bonds is 9. The Morgan fingerprint density at radius 1 is 1.17 bits per heavy atom. The lowest BCUT2D eigenvalue weighted by atomic mass is 10.2. The van der Waals surface area contributed by atoms with Crippen LogP contribution in [0.2, 0.25) is 0 Å². The van der Waals surface area contributed by atoms with Crippen LogP contribution in [-0.2, 0) is 17.7 Å². The molecule has 2 rings (SSSR count). The lowest BCUT2D eigenvalue weighted by molar-refractivity contribution is 0.337. The molecule has 0 saturated heterocycles. The minimum absolute atomic E-state index is 0.438. The summed E-state index contributed by atoms with van der Waals surface area (Å²) in [4.78, 5) is 9.12. The van der Waals surface area contributed by atoms with Gasteiger partial charge in [0, 0.05) is 19.2 Å². The SMILES string of the molecule is CCCCCc1ncc(C(=S)OCC)c(NCc2ccccc2)n1. The molecule has 0 amide bonds. The lowest BCUT2D eigenvalue weighted by Crippen LogP contribution is -2.13. The zero-order valence-electron chi connectivity index (χ0n) is 14.4. The number of aromatic nitrogens is 2. The summed E-state index contributed by atoms with van der Waals surface area (Å²) in [6.07, 6.45) is 6.14. The Hall–Kier alpha value is -2.01. The highest BCUT2D eigenvalue weighted by Crippen LogP contribution is 2.16. The lowest BCUT2D eigenvalue weighted by Gasteiger charge is -2.13. The highest BCUT2D eigenvalue weighted by molar-refractivity contribution is 7.80.